The van der Waals surface area contributed by atoms with Gasteiger partial charge in [0.2, 0.25) is 0 Å². The zero-order valence-corrected chi connectivity index (χ0v) is 12.4. The lowest BCUT2D eigenvalue weighted by Crippen LogP contribution is -2.45. The molecule has 1 saturated heterocycles. The number of anilines is 1. The van der Waals surface area contributed by atoms with Crippen LogP contribution < -0.4 is 11.1 Å². The Bertz CT molecular complexity index is 467. The van der Waals surface area contributed by atoms with Crippen LogP contribution in [0.3, 0.4) is 0 Å². The van der Waals surface area contributed by atoms with E-state index < -0.39 is 0 Å². The number of nitrogens with one attached hydrogen (secondary N) is 1. The molecule has 1 fully saturated rings. The van der Waals surface area contributed by atoms with Crippen molar-refractivity contribution in [3.63, 3.8) is 0 Å². The minimum atomic E-state index is -0.0122. The Hall–Kier alpha value is -1.59. The number of carbonyl (C=O) groups excluding carboxylic acids is 1. The third-order valence-electron chi connectivity index (χ3n) is 3.81. The first-order valence-corrected chi connectivity index (χ1v) is 7.26. The van der Waals surface area contributed by atoms with Crippen LogP contribution in [0, 0.1) is 0 Å². The third kappa shape index (κ3) is 3.11. The van der Waals surface area contributed by atoms with Gasteiger partial charge in [-0.15, -0.1) is 0 Å². The number of hydrogen-bond acceptors (Lipinski definition) is 4. The molecule has 5 nitrogen and oxygen atoms in total. The molecule has 1 aromatic carbocycles. The Morgan fingerprint density at radius 1 is 1.40 bits per heavy atom. The summed E-state index contributed by atoms with van der Waals surface area (Å²) < 4.78 is 0. The fourth-order valence-corrected chi connectivity index (χ4v) is 2.60. The van der Waals surface area contributed by atoms with E-state index in [1.54, 1.807) is 11.1 Å². The van der Waals surface area contributed by atoms with Gasteiger partial charge in [-0.3, -0.25) is 9.80 Å². The molecule has 0 saturated carbocycles. The Kier molecular flexibility index (Phi) is 4.98. The van der Waals surface area contributed by atoms with E-state index in [4.69, 9.17) is 5.73 Å². The molecule has 110 valence electrons. The predicted molar refractivity (Wildman–Crippen MR) is 81.4 cm³/mol. The van der Waals surface area contributed by atoms with Crippen LogP contribution >= 0.6 is 0 Å². The number of aryl methyl sites for hydroxylation is 1. The maximum atomic E-state index is 12.7. The van der Waals surface area contributed by atoms with E-state index in [0.29, 0.717) is 11.3 Å². The van der Waals surface area contributed by atoms with Gasteiger partial charge in [0.25, 0.3) is 5.91 Å². The molecule has 0 radical (unpaired) electrons. The van der Waals surface area contributed by atoms with Gasteiger partial charge in [0, 0.05) is 32.4 Å². The normalized spacial score (nSPS) is 16.7. The molecule has 2 rings (SSSR count). The van der Waals surface area contributed by atoms with Crippen LogP contribution in [0.15, 0.2) is 18.2 Å². The predicted octanol–water partition coefficient (Wildman–Crippen LogP) is 1.11. The number of hydrogen-bond donors (Lipinski definition) is 2. The molecule has 20 heavy (non-hydrogen) atoms. The number of rotatable bonds is 3. The van der Waals surface area contributed by atoms with Crippen molar-refractivity contribution in [3.05, 3.63) is 29.3 Å². The summed E-state index contributed by atoms with van der Waals surface area (Å²) in [5.41, 5.74) is 8.24. The molecule has 3 N–H and O–H groups in total. The van der Waals surface area contributed by atoms with Crippen molar-refractivity contribution in [1.82, 2.24) is 15.3 Å². The Morgan fingerprint density at radius 2 is 2.20 bits per heavy atom. The minimum Gasteiger partial charge on any atom is -0.398 e. The first-order valence-electron chi connectivity index (χ1n) is 7.26. The van der Waals surface area contributed by atoms with Crippen LogP contribution in [0.1, 0.15) is 29.3 Å². The smallest absolute Gasteiger partial charge is 0.270 e. The number of benzene rings is 1. The standard InChI is InChI=1S/C15H24N4O/c1-3-12-6-4-7-13(16)14(12)15(20)18(2)19-10-5-8-17-9-11-19/h4,6-7,17H,3,5,8-11,16H2,1-2H3. The Morgan fingerprint density at radius 3 is 2.95 bits per heavy atom. The van der Waals surface area contributed by atoms with Gasteiger partial charge in [0.05, 0.1) is 5.56 Å². The molecule has 1 heterocycles. The van der Waals surface area contributed by atoms with Crippen molar-refractivity contribution in [3.8, 4) is 0 Å². The monoisotopic (exact) mass is 276 g/mol. The summed E-state index contributed by atoms with van der Waals surface area (Å²) in [4.78, 5) is 12.7. The van der Waals surface area contributed by atoms with Crippen molar-refractivity contribution in [2.24, 2.45) is 0 Å². The second kappa shape index (κ2) is 6.72. The van der Waals surface area contributed by atoms with Gasteiger partial charge in [-0.2, -0.15) is 0 Å². The molecule has 0 aromatic heterocycles. The third-order valence-corrected chi connectivity index (χ3v) is 3.81. The van der Waals surface area contributed by atoms with Crippen LogP contribution in [0.4, 0.5) is 5.69 Å². The fourth-order valence-electron chi connectivity index (χ4n) is 2.60. The highest BCUT2D eigenvalue weighted by Crippen LogP contribution is 2.20. The summed E-state index contributed by atoms with van der Waals surface area (Å²) in [5.74, 6) is -0.0122. The fraction of sp³-hybridized carbons (Fsp3) is 0.533. The summed E-state index contributed by atoms with van der Waals surface area (Å²) in [6.45, 7) is 5.69. The highest BCUT2D eigenvalue weighted by atomic mass is 16.2. The van der Waals surface area contributed by atoms with Crippen LogP contribution in [0.5, 0.6) is 0 Å². The summed E-state index contributed by atoms with van der Waals surface area (Å²) in [5, 5.41) is 7.15. The van der Waals surface area contributed by atoms with E-state index in [1.165, 1.54) is 0 Å². The molecule has 1 aliphatic heterocycles. The molecule has 1 aliphatic rings. The average Bonchev–Trinajstić information content (AvgIpc) is 2.74. The topological polar surface area (TPSA) is 61.6 Å². The molecule has 0 spiro atoms. The van der Waals surface area contributed by atoms with E-state index in [9.17, 15) is 4.79 Å². The maximum Gasteiger partial charge on any atom is 0.270 e. The van der Waals surface area contributed by atoms with E-state index in [0.717, 1.165) is 44.6 Å². The highest BCUT2D eigenvalue weighted by molar-refractivity contribution is 6.00. The van der Waals surface area contributed by atoms with Crippen molar-refractivity contribution < 1.29 is 4.79 Å². The van der Waals surface area contributed by atoms with Crippen LogP contribution in [-0.4, -0.2) is 49.2 Å². The van der Waals surface area contributed by atoms with Gasteiger partial charge >= 0.3 is 0 Å². The summed E-state index contributed by atoms with van der Waals surface area (Å²) in [6, 6.07) is 5.67. The van der Waals surface area contributed by atoms with Gasteiger partial charge in [-0.25, -0.2) is 5.01 Å². The van der Waals surface area contributed by atoms with E-state index >= 15 is 0 Å². The van der Waals surface area contributed by atoms with Gasteiger partial charge < -0.3 is 11.1 Å². The lowest BCUT2D eigenvalue weighted by molar-refractivity contribution is 0.00954. The number of hydrazine groups is 1. The maximum absolute atomic E-state index is 12.7. The lowest BCUT2D eigenvalue weighted by Gasteiger charge is -2.31. The Balaban J connectivity index is 2.21. The van der Waals surface area contributed by atoms with Crippen molar-refractivity contribution >= 4 is 11.6 Å². The van der Waals surface area contributed by atoms with Gasteiger partial charge in [0.1, 0.15) is 0 Å². The number of nitrogens with two attached hydrogens (primary N) is 1. The molecule has 5 heteroatoms. The average molecular weight is 276 g/mol. The number of amides is 1. The molecule has 0 atom stereocenters. The van der Waals surface area contributed by atoms with Gasteiger partial charge in [0.15, 0.2) is 0 Å². The van der Waals surface area contributed by atoms with Crippen LogP contribution in [0.25, 0.3) is 0 Å². The van der Waals surface area contributed by atoms with Gasteiger partial charge in [-0.1, -0.05) is 19.1 Å². The largest absolute Gasteiger partial charge is 0.398 e. The molecule has 1 aromatic rings. The zero-order chi connectivity index (χ0) is 14.5. The van der Waals surface area contributed by atoms with E-state index in [-0.39, 0.29) is 5.91 Å². The summed E-state index contributed by atoms with van der Waals surface area (Å²) in [7, 11) is 1.83. The van der Waals surface area contributed by atoms with E-state index in [2.05, 4.69) is 10.3 Å². The van der Waals surface area contributed by atoms with Crippen molar-refractivity contribution in [2.45, 2.75) is 19.8 Å². The van der Waals surface area contributed by atoms with Gasteiger partial charge in [-0.05, 0) is 31.0 Å². The molecular weight excluding hydrogens is 252 g/mol. The second-order valence-corrected chi connectivity index (χ2v) is 5.12. The van der Waals surface area contributed by atoms with E-state index in [1.807, 2.05) is 26.1 Å². The van der Waals surface area contributed by atoms with Crippen LogP contribution in [-0.2, 0) is 6.42 Å². The summed E-state index contributed by atoms with van der Waals surface area (Å²) >= 11 is 0. The quantitative estimate of drug-likeness (QED) is 0.812. The molecule has 0 aliphatic carbocycles. The minimum absolute atomic E-state index is 0.0122. The number of nitrogen functional groups attached to an aromatic ring is 1. The van der Waals surface area contributed by atoms with Crippen LogP contribution in [0.2, 0.25) is 0 Å². The first kappa shape index (κ1) is 14.8. The number of nitrogens with zero attached hydrogens (tertiary/aromatic N) is 2. The van der Waals surface area contributed by atoms with Crippen molar-refractivity contribution in [2.75, 3.05) is 39.0 Å². The molecule has 0 unspecified atom stereocenters. The lowest BCUT2D eigenvalue weighted by atomic mass is 10.0. The number of carbonyl (C=O) groups is 1. The zero-order valence-electron chi connectivity index (χ0n) is 12.4. The SMILES string of the molecule is CCc1cccc(N)c1C(=O)N(C)N1CCCNCC1. The molecule has 0 bridgehead atoms. The highest BCUT2D eigenvalue weighted by Gasteiger charge is 2.23. The second-order valence-electron chi connectivity index (χ2n) is 5.12. The first-order chi connectivity index (χ1) is 9.65. The Labute approximate surface area is 120 Å². The molecule has 1 amide bonds. The molecular formula is C15H24N4O. The van der Waals surface area contributed by atoms with Crippen molar-refractivity contribution in [1.29, 1.82) is 0 Å². The summed E-state index contributed by atoms with van der Waals surface area (Å²) in [6.07, 6.45) is 1.85.